The number of H-pyrrole nitrogens is 1. The number of ketones is 1. The van der Waals surface area contributed by atoms with Crippen LogP contribution in [-0.2, 0) is 0 Å². The molecule has 4 rings (SSSR count). The quantitative estimate of drug-likeness (QED) is 0.398. The summed E-state index contributed by atoms with van der Waals surface area (Å²) in [6, 6.07) is 15.5. The Morgan fingerprint density at radius 2 is 1.93 bits per heavy atom. The topological polar surface area (TPSA) is 55.0 Å². The third-order valence-corrected chi connectivity index (χ3v) is 4.74. The molecule has 2 heterocycles. The second-order valence-electron chi connectivity index (χ2n) is 6.64. The second kappa shape index (κ2) is 6.72. The Labute approximate surface area is 157 Å². The number of carbonyl (C=O) groups is 1. The standard InChI is InChI=1S/C23H20N2O2/c1-14(10-16-13-24-22-12-17(27-3)8-9-18(16)22)23(26)20-11-15(2)25-21-7-5-4-6-19(20)21/h4-13,24H,1-3H3/b14-10+. The number of rotatable bonds is 4. The summed E-state index contributed by atoms with van der Waals surface area (Å²) in [6.45, 7) is 3.77. The Hall–Kier alpha value is -3.40. The van der Waals surface area contributed by atoms with Gasteiger partial charge in [-0.15, -0.1) is 0 Å². The van der Waals surface area contributed by atoms with E-state index in [1.54, 1.807) is 7.11 Å². The number of aromatic nitrogens is 2. The number of aromatic amines is 1. The molecule has 0 bridgehead atoms. The Bertz CT molecular complexity index is 1200. The largest absolute Gasteiger partial charge is 0.497 e. The average molecular weight is 356 g/mol. The molecule has 0 saturated heterocycles. The van der Waals surface area contributed by atoms with Gasteiger partial charge < -0.3 is 9.72 Å². The summed E-state index contributed by atoms with van der Waals surface area (Å²) in [5.41, 5.74) is 5.01. The first-order valence-corrected chi connectivity index (χ1v) is 8.81. The van der Waals surface area contributed by atoms with Gasteiger partial charge in [-0.1, -0.05) is 18.2 Å². The number of methoxy groups -OCH3 is 1. The van der Waals surface area contributed by atoms with Crippen molar-refractivity contribution in [3.63, 3.8) is 0 Å². The molecule has 0 atom stereocenters. The van der Waals surface area contributed by atoms with E-state index in [9.17, 15) is 4.79 Å². The molecule has 4 nitrogen and oxygen atoms in total. The Balaban J connectivity index is 1.77. The van der Waals surface area contributed by atoms with Crippen molar-refractivity contribution >= 4 is 33.7 Å². The number of fused-ring (bicyclic) bond motifs is 2. The number of para-hydroxylation sites is 1. The number of hydrogen-bond acceptors (Lipinski definition) is 3. The van der Waals surface area contributed by atoms with Crippen LogP contribution in [0.25, 0.3) is 27.9 Å². The van der Waals surface area contributed by atoms with Gasteiger partial charge in [0.2, 0.25) is 0 Å². The van der Waals surface area contributed by atoms with Gasteiger partial charge in [0.25, 0.3) is 0 Å². The predicted octanol–water partition coefficient (Wildman–Crippen LogP) is 5.32. The van der Waals surface area contributed by atoms with Crippen molar-refractivity contribution < 1.29 is 9.53 Å². The maximum atomic E-state index is 13.1. The van der Waals surface area contributed by atoms with E-state index in [-0.39, 0.29) is 5.78 Å². The number of ether oxygens (including phenoxy) is 1. The van der Waals surface area contributed by atoms with Crippen LogP contribution in [0, 0.1) is 6.92 Å². The molecule has 0 aliphatic carbocycles. The van der Waals surface area contributed by atoms with Crippen LogP contribution in [-0.4, -0.2) is 22.9 Å². The van der Waals surface area contributed by atoms with Crippen molar-refractivity contribution in [2.75, 3.05) is 7.11 Å². The summed E-state index contributed by atoms with van der Waals surface area (Å²) in [6.07, 6.45) is 3.84. The van der Waals surface area contributed by atoms with Gasteiger partial charge >= 0.3 is 0 Å². The summed E-state index contributed by atoms with van der Waals surface area (Å²) in [5, 5.41) is 1.93. The zero-order chi connectivity index (χ0) is 19.0. The van der Waals surface area contributed by atoms with Crippen LogP contribution in [0.2, 0.25) is 0 Å². The zero-order valence-electron chi connectivity index (χ0n) is 15.5. The molecular weight excluding hydrogens is 336 g/mol. The Morgan fingerprint density at radius 1 is 1.11 bits per heavy atom. The number of carbonyl (C=O) groups excluding carboxylic acids is 1. The third kappa shape index (κ3) is 3.10. The van der Waals surface area contributed by atoms with Crippen molar-refractivity contribution in [1.82, 2.24) is 9.97 Å². The van der Waals surface area contributed by atoms with Crippen molar-refractivity contribution in [2.24, 2.45) is 0 Å². The number of allylic oxidation sites excluding steroid dienone is 1. The SMILES string of the molecule is COc1ccc2c(/C=C(\C)C(=O)c3cc(C)nc4ccccc34)c[nH]c2c1. The molecule has 4 aromatic rings. The number of nitrogens with zero attached hydrogens (tertiary/aromatic N) is 1. The van der Waals surface area contributed by atoms with Crippen LogP contribution in [0.15, 0.2) is 60.3 Å². The van der Waals surface area contributed by atoms with Crippen molar-refractivity contribution in [3.8, 4) is 5.75 Å². The molecule has 0 amide bonds. The first-order valence-electron chi connectivity index (χ1n) is 8.81. The van der Waals surface area contributed by atoms with E-state index in [4.69, 9.17) is 4.74 Å². The lowest BCUT2D eigenvalue weighted by molar-refractivity contribution is 0.103. The normalized spacial score (nSPS) is 11.9. The van der Waals surface area contributed by atoms with Crippen LogP contribution in [0.5, 0.6) is 5.75 Å². The minimum Gasteiger partial charge on any atom is -0.497 e. The Morgan fingerprint density at radius 3 is 2.74 bits per heavy atom. The van der Waals surface area contributed by atoms with Gasteiger partial charge in [0.15, 0.2) is 5.78 Å². The number of benzene rings is 2. The minimum atomic E-state index is 0.0135. The van der Waals surface area contributed by atoms with Crippen LogP contribution >= 0.6 is 0 Å². The molecule has 0 unspecified atom stereocenters. The van der Waals surface area contributed by atoms with Gasteiger partial charge in [0.1, 0.15) is 5.75 Å². The maximum absolute atomic E-state index is 13.1. The van der Waals surface area contributed by atoms with E-state index in [1.807, 2.05) is 74.7 Å². The van der Waals surface area contributed by atoms with Crippen LogP contribution in [0.4, 0.5) is 0 Å². The van der Waals surface area contributed by atoms with E-state index in [0.29, 0.717) is 11.1 Å². The number of hydrogen-bond donors (Lipinski definition) is 1. The lowest BCUT2D eigenvalue weighted by Gasteiger charge is -2.07. The van der Waals surface area contributed by atoms with Crippen LogP contribution < -0.4 is 4.74 Å². The van der Waals surface area contributed by atoms with Crippen LogP contribution in [0.1, 0.15) is 28.5 Å². The van der Waals surface area contributed by atoms with Gasteiger partial charge in [-0.05, 0) is 49.8 Å². The highest BCUT2D eigenvalue weighted by Crippen LogP contribution is 2.26. The fourth-order valence-corrected chi connectivity index (χ4v) is 3.38. The molecule has 2 aromatic heterocycles. The molecule has 0 saturated carbocycles. The number of pyridine rings is 1. The van der Waals surface area contributed by atoms with E-state index in [2.05, 4.69) is 9.97 Å². The van der Waals surface area contributed by atoms with Crippen molar-refractivity contribution in [1.29, 1.82) is 0 Å². The van der Waals surface area contributed by atoms with Gasteiger partial charge in [-0.25, -0.2) is 0 Å². The first-order chi connectivity index (χ1) is 13.1. The molecule has 0 radical (unpaired) electrons. The van der Waals surface area contributed by atoms with Crippen LogP contribution in [0.3, 0.4) is 0 Å². The summed E-state index contributed by atoms with van der Waals surface area (Å²) in [5.74, 6) is 0.811. The average Bonchev–Trinajstić information content (AvgIpc) is 3.08. The predicted molar refractivity (Wildman–Crippen MR) is 109 cm³/mol. The summed E-state index contributed by atoms with van der Waals surface area (Å²) in [7, 11) is 1.65. The second-order valence-corrected chi connectivity index (χ2v) is 6.64. The molecule has 2 aromatic carbocycles. The molecule has 0 aliphatic heterocycles. The lowest BCUT2D eigenvalue weighted by atomic mass is 9.98. The molecule has 27 heavy (non-hydrogen) atoms. The van der Waals surface area contributed by atoms with E-state index in [0.717, 1.165) is 38.8 Å². The minimum absolute atomic E-state index is 0.0135. The fourth-order valence-electron chi connectivity index (χ4n) is 3.38. The molecule has 4 heteroatoms. The molecule has 134 valence electrons. The molecule has 0 spiro atoms. The van der Waals surface area contributed by atoms with Gasteiger partial charge in [-0.3, -0.25) is 9.78 Å². The highest BCUT2D eigenvalue weighted by atomic mass is 16.5. The number of aryl methyl sites for hydroxylation is 1. The fraction of sp³-hybridized carbons (Fsp3) is 0.130. The smallest absolute Gasteiger partial charge is 0.189 e. The Kier molecular flexibility index (Phi) is 4.24. The van der Waals surface area contributed by atoms with Gasteiger partial charge in [0, 0.05) is 45.4 Å². The summed E-state index contributed by atoms with van der Waals surface area (Å²) in [4.78, 5) is 20.9. The van der Waals surface area contributed by atoms with Gasteiger partial charge in [-0.2, -0.15) is 0 Å². The highest BCUT2D eigenvalue weighted by Gasteiger charge is 2.14. The maximum Gasteiger partial charge on any atom is 0.189 e. The lowest BCUT2D eigenvalue weighted by Crippen LogP contribution is -2.03. The van der Waals surface area contributed by atoms with E-state index in [1.165, 1.54) is 0 Å². The monoisotopic (exact) mass is 356 g/mol. The van der Waals surface area contributed by atoms with E-state index < -0.39 is 0 Å². The summed E-state index contributed by atoms with van der Waals surface area (Å²) < 4.78 is 5.27. The van der Waals surface area contributed by atoms with E-state index >= 15 is 0 Å². The van der Waals surface area contributed by atoms with Crippen molar-refractivity contribution in [2.45, 2.75) is 13.8 Å². The van der Waals surface area contributed by atoms with Gasteiger partial charge in [0.05, 0.1) is 12.6 Å². The highest BCUT2D eigenvalue weighted by molar-refractivity contribution is 6.17. The zero-order valence-corrected chi connectivity index (χ0v) is 15.5. The number of Topliss-reactive ketones (excluding diaryl/α,β-unsaturated/α-hetero) is 1. The molecular formula is C23H20N2O2. The molecule has 0 aliphatic rings. The first kappa shape index (κ1) is 17.0. The van der Waals surface area contributed by atoms with Crippen molar-refractivity contribution in [3.05, 3.63) is 77.1 Å². The third-order valence-electron chi connectivity index (χ3n) is 4.74. The molecule has 1 N–H and O–H groups in total. The number of nitrogens with one attached hydrogen (secondary N) is 1. The molecule has 0 fully saturated rings. The summed E-state index contributed by atoms with van der Waals surface area (Å²) >= 11 is 0.